The molecule has 1 saturated heterocycles. The molecule has 0 aromatic heterocycles. The second kappa shape index (κ2) is 5.45. The van der Waals surface area contributed by atoms with Gasteiger partial charge in [-0.25, -0.2) is 0 Å². The highest BCUT2D eigenvalue weighted by atomic mass is 16.5. The Kier molecular flexibility index (Phi) is 3.95. The highest BCUT2D eigenvalue weighted by Gasteiger charge is 2.16. The van der Waals surface area contributed by atoms with Crippen molar-refractivity contribution < 1.29 is 19.5 Å². The topological polar surface area (TPSA) is 58.9 Å². The van der Waals surface area contributed by atoms with E-state index in [0.29, 0.717) is 18.7 Å². The summed E-state index contributed by atoms with van der Waals surface area (Å²) >= 11 is 0. The zero-order chi connectivity index (χ0) is 11.4. The molecule has 0 amide bonds. The lowest BCUT2D eigenvalue weighted by molar-refractivity contribution is 0.0318. The Bertz CT molecular complexity index is 337. The van der Waals surface area contributed by atoms with Gasteiger partial charge < -0.3 is 19.5 Å². The molecule has 0 spiro atoms. The Morgan fingerprint density at radius 3 is 3.00 bits per heavy atom. The van der Waals surface area contributed by atoms with E-state index in [1.807, 2.05) is 6.07 Å². The lowest BCUT2D eigenvalue weighted by atomic mass is 9.80. The average molecular weight is 222 g/mol. The second-order valence-corrected chi connectivity index (χ2v) is 3.92. The van der Waals surface area contributed by atoms with Crippen LogP contribution in [0.4, 0.5) is 0 Å². The lowest BCUT2D eigenvalue weighted by Gasteiger charge is -2.10. The predicted molar refractivity (Wildman–Crippen MR) is 60.3 cm³/mol. The summed E-state index contributed by atoms with van der Waals surface area (Å²) in [6.07, 6.45) is 1.10. The van der Waals surface area contributed by atoms with Gasteiger partial charge in [-0.1, -0.05) is 24.3 Å². The van der Waals surface area contributed by atoms with Crippen molar-refractivity contribution in [2.24, 2.45) is 0 Å². The summed E-state index contributed by atoms with van der Waals surface area (Å²) in [5, 5.41) is 18.0. The van der Waals surface area contributed by atoms with Crippen molar-refractivity contribution in [1.82, 2.24) is 0 Å². The van der Waals surface area contributed by atoms with Crippen LogP contribution in [0.3, 0.4) is 0 Å². The predicted octanol–water partition coefficient (Wildman–Crippen LogP) is -0.328. The molecule has 16 heavy (non-hydrogen) atoms. The Morgan fingerprint density at radius 2 is 2.31 bits per heavy atom. The van der Waals surface area contributed by atoms with E-state index in [1.54, 1.807) is 18.2 Å². The van der Waals surface area contributed by atoms with E-state index in [1.165, 1.54) is 0 Å². The maximum atomic E-state index is 9.02. The molecule has 1 aliphatic heterocycles. The molecule has 0 bridgehead atoms. The minimum absolute atomic E-state index is 0.169. The summed E-state index contributed by atoms with van der Waals surface area (Å²) in [5.41, 5.74) is 1.43. The van der Waals surface area contributed by atoms with Gasteiger partial charge >= 0.3 is 7.12 Å². The van der Waals surface area contributed by atoms with E-state index in [-0.39, 0.29) is 6.10 Å². The molecule has 1 atom stereocenters. The molecule has 5 heteroatoms. The lowest BCUT2D eigenvalue weighted by Crippen LogP contribution is -2.30. The number of benzene rings is 1. The maximum absolute atomic E-state index is 9.02. The smallest absolute Gasteiger partial charge is 0.423 e. The van der Waals surface area contributed by atoms with Crippen LogP contribution >= 0.6 is 0 Å². The third-order valence-electron chi connectivity index (χ3n) is 2.62. The Balaban J connectivity index is 1.90. The van der Waals surface area contributed by atoms with Crippen LogP contribution in [0.2, 0.25) is 0 Å². The van der Waals surface area contributed by atoms with Crippen LogP contribution in [0.25, 0.3) is 0 Å². The molecule has 1 heterocycles. The summed E-state index contributed by atoms with van der Waals surface area (Å²) < 4.78 is 10.8. The highest BCUT2D eigenvalue weighted by molar-refractivity contribution is 6.58. The van der Waals surface area contributed by atoms with Crippen molar-refractivity contribution in [3.05, 3.63) is 29.8 Å². The summed E-state index contributed by atoms with van der Waals surface area (Å²) in [7, 11) is -1.42. The van der Waals surface area contributed by atoms with E-state index >= 15 is 0 Å². The number of hydrogen-bond donors (Lipinski definition) is 2. The van der Waals surface area contributed by atoms with Crippen LogP contribution in [0.15, 0.2) is 24.3 Å². The van der Waals surface area contributed by atoms with Gasteiger partial charge in [0.25, 0.3) is 0 Å². The quantitative estimate of drug-likeness (QED) is 0.685. The molecule has 0 aliphatic carbocycles. The molecule has 2 rings (SSSR count). The monoisotopic (exact) mass is 222 g/mol. The number of ether oxygens (including phenoxy) is 2. The molecule has 1 aromatic carbocycles. The standard InChI is InChI=1S/C11H15BO4/c13-12(14)10-3-1-2-9(6-10)7-16-11-4-5-15-8-11/h1-3,6,11,13-14H,4-5,7-8H2/t11-/m0/s1. The molecular formula is C11H15BO4. The van der Waals surface area contributed by atoms with Crippen LogP contribution in [0.1, 0.15) is 12.0 Å². The normalized spacial score (nSPS) is 20.0. The Morgan fingerprint density at radius 1 is 1.44 bits per heavy atom. The zero-order valence-electron chi connectivity index (χ0n) is 9.00. The van der Waals surface area contributed by atoms with E-state index in [9.17, 15) is 0 Å². The van der Waals surface area contributed by atoms with Crippen LogP contribution in [0, 0.1) is 0 Å². The van der Waals surface area contributed by atoms with E-state index in [4.69, 9.17) is 19.5 Å². The SMILES string of the molecule is OB(O)c1cccc(CO[C@H]2CCOC2)c1. The molecule has 0 radical (unpaired) electrons. The largest absolute Gasteiger partial charge is 0.488 e. The van der Waals surface area contributed by atoms with Gasteiger partial charge in [0.05, 0.1) is 19.3 Å². The first-order chi connectivity index (χ1) is 7.75. The Hall–Kier alpha value is -0.875. The summed E-state index contributed by atoms with van der Waals surface area (Å²) in [6, 6.07) is 7.10. The molecule has 0 unspecified atom stereocenters. The van der Waals surface area contributed by atoms with Crippen LogP contribution in [-0.2, 0) is 16.1 Å². The van der Waals surface area contributed by atoms with Gasteiger partial charge in [0.2, 0.25) is 0 Å². The van der Waals surface area contributed by atoms with E-state index in [2.05, 4.69) is 0 Å². The molecule has 1 aromatic rings. The van der Waals surface area contributed by atoms with Crippen molar-refractivity contribution in [3.8, 4) is 0 Å². The fourth-order valence-corrected chi connectivity index (χ4v) is 1.70. The molecule has 1 aliphatic rings. The molecule has 2 N–H and O–H groups in total. The molecular weight excluding hydrogens is 207 g/mol. The third kappa shape index (κ3) is 3.06. The van der Waals surface area contributed by atoms with Gasteiger partial charge in [0, 0.05) is 6.61 Å². The summed E-state index contributed by atoms with van der Waals surface area (Å²) in [5.74, 6) is 0. The van der Waals surface area contributed by atoms with Crippen molar-refractivity contribution >= 4 is 12.6 Å². The molecule has 4 nitrogen and oxygen atoms in total. The minimum atomic E-state index is -1.42. The van der Waals surface area contributed by atoms with Crippen LogP contribution < -0.4 is 5.46 Å². The van der Waals surface area contributed by atoms with Gasteiger partial charge in [0.15, 0.2) is 0 Å². The summed E-state index contributed by atoms with van der Waals surface area (Å²) in [6.45, 7) is 1.90. The maximum Gasteiger partial charge on any atom is 0.488 e. The zero-order valence-corrected chi connectivity index (χ0v) is 9.00. The van der Waals surface area contributed by atoms with Crippen molar-refractivity contribution in [3.63, 3.8) is 0 Å². The van der Waals surface area contributed by atoms with Crippen LogP contribution in [0.5, 0.6) is 0 Å². The van der Waals surface area contributed by atoms with Gasteiger partial charge in [0.1, 0.15) is 0 Å². The van der Waals surface area contributed by atoms with E-state index in [0.717, 1.165) is 18.6 Å². The highest BCUT2D eigenvalue weighted by Crippen LogP contribution is 2.10. The molecule has 1 fully saturated rings. The summed E-state index contributed by atoms with van der Waals surface area (Å²) in [4.78, 5) is 0. The number of hydrogen-bond acceptors (Lipinski definition) is 4. The van der Waals surface area contributed by atoms with E-state index < -0.39 is 7.12 Å². The minimum Gasteiger partial charge on any atom is -0.423 e. The third-order valence-corrected chi connectivity index (χ3v) is 2.62. The van der Waals surface area contributed by atoms with Gasteiger partial charge in [-0.15, -0.1) is 0 Å². The molecule has 86 valence electrons. The number of rotatable bonds is 4. The Labute approximate surface area is 95.0 Å². The van der Waals surface area contributed by atoms with Crippen LogP contribution in [-0.4, -0.2) is 36.5 Å². The van der Waals surface area contributed by atoms with Crippen molar-refractivity contribution in [1.29, 1.82) is 0 Å². The van der Waals surface area contributed by atoms with Crippen molar-refractivity contribution in [2.75, 3.05) is 13.2 Å². The van der Waals surface area contributed by atoms with Gasteiger partial charge in [-0.2, -0.15) is 0 Å². The molecule has 0 saturated carbocycles. The second-order valence-electron chi connectivity index (χ2n) is 3.92. The fourth-order valence-electron chi connectivity index (χ4n) is 1.70. The van der Waals surface area contributed by atoms with Gasteiger partial charge in [-0.05, 0) is 17.4 Å². The first kappa shape index (κ1) is 11.6. The first-order valence-corrected chi connectivity index (χ1v) is 5.40. The first-order valence-electron chi connectivity index (χ1n) is 5.40. The van der Waals surface area contributed by atoms with Crippen molar-refractivity contribution in [2.45, 2.75) is 19.1 Å². The fraction of sp³-hybridized carbons (Fsp3) is 0.455. The van der Waals surface area contributed by atoms with Gasteiger partial charge in [-0.3, -0.25) is 0 Å². The average Bonchev–Trinajstić information content (AvgIpc) is 2.79.